The summed E-state index contributed by atoms with van der Waals surface area (Å²) in [5.74, 6) is -0.481. The fourth-order valence-electron chi connectivity index (χ4n) is 3.15. The Morgan fingerprint density at radius 3 is 2.37 bits per heavy atom. The quantitative estimate of drug-likeness (QED) is 0.134. The molecule has 0 bridgehead atoms. The van der Waals surface area contributed by atoms with E-state index in [0.717, 1.165) is 17.8 Å². The molecule has 6 nitrogen and oxygen atoms in total. The normalized spacial score (nSPS) is 15.1. The van der Waals surface area contributed by atoms with Gasteiger partial charge in [-0.3, -0.25) is 19.8 Å². The minimum atomic E-state index is -4.73. The number of thioether (sulfide) groups is 1. The number of anilines is 1. The Balaban J connectivity index is 1.58. The zero-order valence-corrected chi connectivity index (χ0v) is 20.5. The standard InChI is InChI=1S/C23H12BrF3N2O4S2/c24-16-10-13(11-20-21(30)28(22(34)35-20)15-4-2-1-3-5-15)6-8-18(16)33-19-9-7-14(23(25,26)27)12-17(19)29(31)32/h1-12H/b20-11+. The first kappa shape index (κ1) is 24.9. The van der Waals surface area contributed by atoms with Crippen LogP contribution in [0.2, 0.25) is 0 Å². The number of amides is 1. The van der Waals surface area contributed by atoms with Crippen molar-refractivity contribution in [2.75, 3.05) is 4.90 Å². The molecule has 0 atom stereocenters. The predicted octanol–water partition coefficient (Wildman–Crippen LogP) is 7.57. The summed E-state index contributed by atoms with van der Waals surface area (Å²) >= 11 is 9.80. The van der Waals surface area contributed by atoms with E-state index in [1.54, 1.807) is 42.5 Å². The summed E-state index contributed by atoms with van der Waals surface area (Å²) in [5, 5.41) is 11.3. The topological polar surface area (TPSA) is 72.7 Å². The van der Waals surface area contributed by atoms with Crippen LogP contribution < -0.4 is 9.64 Å². The predicted molar refractivity (Wildman–Crippen MR) is 134 cm³/mol. The summed E-state index contributed by atoms with van der Waals surface area (Å²) in [5.41, 5.74) is -0.708. The van der Waals surface area contributed by atoms with E-state index >= 15 is 0 Å². The van der Waals surface area contributed by atoms with Crippen molar-refractivity contribution in [2.45, 2.75) is 6.18 Å². The Morgan fingerprint density at radius 2 is 1.74 bits per heavy atom. The zero-order valence-electron chi connectivity index (χ0n) is 17.3. The number of carbonyl (C=O) groups is 1. The van der Waals surface area contributed by atoms with Gasteiger partial charge >= 0.3 is 11.9 Å². The van der Waals surface area contributed by atoms with Crippen LogP contribution in [0.5, 0.6) is 11.5 Å². The SMILES string of the molecule is O=C1/C(=C\c2ccc(Oc3ccc(C(F)(F)F)cc3[N+](=O)[O-])c(Br)c2)SC(=S)N1c1ccccc1. The van der Waals surface area contributed by atoms with Gasteiger partial charge in [-0.25, -0.2) is 0 Å². The molecule has 3 aromatic carbocycles. The lowest BCUT2D eigenvalue weighted by Gasteiger charge is -2.13. The van der Waals surface area contributed by atoms with Crippen molar-refractivity contribution < 1.29 is 27.6 Å². The number of alkyl halides is 3. The van der Waals surface area contributed by atoms with E-state index < -0.39 is 22.4 Å². The number of para-hydroxylation sites is 1. The molecule has 1 aliphatic heterocycles. The van der Waals surface area contributed by atoms with E-state index in [1.807, 2.05) is 6.07 Å². The average molecular weight is 581 g/mol. The summed E-state index contributed by atoms with van der Waals surface area (Å²) in [4.78, 5) is 25.1. The van der Waals surface area contributed by atoms with Gasteiger partial charge in [0.25, 0.3) is 5.91 Å². The number of thiocarbonyl (C=S) groups is 1. The van der Waals surface area contributed by atoms with Crippen LogP contribution in [-0.4, -0.2) is 15.2 Å². The van der Waals surface area contributed by atoms with Gasteiger partial charge in [-0.15, -0.1) is 0 Å². The number of ether oxygens (including phenoxy) is 1. The van der Waals surface area contributed by atoms with Crippen LogP contribution in [0.15, 0.2) is 76.1 Å². The first-order chi connectivity index (χ1) is 16.5. The van der Waals surface area contributed by atoms with Gasteiger partial charge in [0.2, 0.25) is 5.75 Å². The van der Waals surface area contributed by atoms with Crippen LogP contribution in [0.4, 0.5) is 24.5 Å². The number of carbonyl (C=O) groups excluding carboxylic acids is 1. The van der Waals surface area contributed by atoms with Crippen molar-refractivity contribution in [3.8, 4) is 11.5 Å². The fraction of sp³-hybridized carbons (Fsp3) is 0.0435. The Labute approximate surface area is 214 Å². The lowest BCUT2D eigenvalue weighted by atomic mass is 10.1. The molecule has 1 amide bonds. The molecule has 0 saturated carbocycles. The van der Waals surface area contributed by atoms with E-state index in [-0.39, 0.29) is 17.4 Å². The zero-order chi connectivity index (χ0) is 25.3. The lowest BCUT2D eigenvalue weighted by molar-refractivity contribution is -0.385. The monoisotopic (exact) mass is 580 g/mol. The molecule has 0 radical (unpaired) electrons. The molecule has 1 fully saturated rings. The number of nitro groups is 1. The maximum absolute atomic E-state index is 12.9. The van der Waals surface area contributed by atoms with Crippen LogP contribution in [0.1, 0.15) is 11.1 Å². The largest absolute Gasteiger partial charge is 0.449 e. The Morgan fingerprint density at radius 1 is 1.06 bits per heavy atom. The van der Waals surface area contributed by atoms with Gasteiger partial charge in [-0.1, -0.05) is 48.2 Å². The van der Waals surface area contributed by atoms with E-state index in [9.17, 15) is 28.1 Å². The molecule has 35 heavy (non-hydrogen) atoms. The number of nitro benzene ring substituents is 1. The molecule has 0 spiro atoms. The molecule has 178 valence electrons. The summed E-state index contributed by atoms with van der Waals surface area (Å²) in [7, 11) is 0. The number of benzene rings is 3. The maximum Gasteiger partial charge on any atom is 0.416 e. The number of hydrogen-bond donors (Lipinski definition) is 0. The Kier molecular flexibility index (Phi) is 6.97. The molecule has 12 heteroatoms. The number of rotatable bonds is 5. The van der Waals surface area contributed by atoms with Gasteiger partial charge in [0.05, 0.1) is 25.6 Å². The van der Waals surface area contributed by atoms with Crippen molar-refractivity contribution >= 4 is 67.6 Å². The highest BCUT2D eigenvalue weighted by Crippen LogP contribution is 2.40. The van der Waals surface area contributed by atoms with Gasteiger partial charge in [-0.2, -0.15) is 13.2 Å². The van der Waals surface area contributed by atoms with Gasteiger partial charge < -0.3 is 4.74 Å². The van der Waals surface area contributed by atoms with E-state index in [1.165, 1.54) is 11.0 Å². The van der Waals surface area contributed by atoms with Crippen molar-refractivity contribution in [1.82, 2.24) is 0 Å². The van der Waals surface area contributed by atoms with Gasteiger partial charge in [0.15, 0.2) is 4.32 Å². The number of nitrogens with zero attached hydrogens (tertiary/aromatic N) is 2. The third-order valence-corrected chi connectivity index (χ3v) is 6.69. The Bertz CT molecular complexity index is 1380. The summed E-state index contributed by atoms with van der Waals surface area (Å²) in [6, 6.07) is 15.7. The smallest absolute Gasteiger partial charge is 0.416 e. The molecule has 3 aromatic rings. The van der Waals surface area contributed by atoms with Gasteiger partial charge in [0.1, 0.15) is 5.75 Å². The van der Waals surface area contributed by atoms with Crippen molar-refractivity contribution in [2.24, 2.45) is 0 Å². The van der Waals surface area contributed by atoms with Crippen LogP contribution >= 0.6 is 39.9 Å². The summed E-state index contributed by atoms with van der Waals surface area (Å²) < 4.78 is 45.1. The third-order valence-electron chi connectivity index (χ3n) is 4.76. The highest BCUT2D eigenvalue weighted by atomic mass is 79.9. The van der Waals surface area contributed by atoms with Gasteiger partial charge in [0, 0.05) is 6.07 Å². The van der Waals surface area contributed by atoms with Gasteiger partial charge in [-0.05, 0) is 64.0 Å². The minimum Gasteiger partial charge on any atom is -0.449 e. The first-order valence-corrected chi connectivity index (χ1v) is 11.7. The first-order valence-electron chi connectivity index (χ1n) is 9.70. The average Bonchev–Trinajstić information content (AvgIpc) is 3.08. The van der Waals surface area contributed by atoms with Crippen LogP contribution in [0.25, 0.3) is 6.08 Å². The molecular weight excluding hydrogens is 569 g/mol. The van der Waals surface area contributed by atoms with E-state index in [2.05, 4.69) is 15.9 Å². The summed E-state index contributed by atoms with van der Waals surface area (Å²) in [6.07, 6.45) is -3.09. The lowest BCUT2D eigenvalue weighted by Crippen LogP contribution is -2.27. The van der Waals surface area contributed by atoms with Crippen LogP contribution in [0, 0.1) is 10.1 Å². The summed E-state index contributed by atoms with van der Waals surface area (Å²) in [6.45, 7) is 0. The minimum absolute atomic E-state index is 0.141. The fourth-order valence-corrected chi connectivity index (χ4v) is 4.93. The second kappa shape index (κ2) is 9.80. The van der Waals surface area contributed by atoms with Crippen LogP contribution in [-0.2, 0) is 11.0 Å². The second-order valence-corrected chi connectivity index (χ2v) is 9.61. The second-order valence-electron chi connectivity index (χ2n) is 7.08. The molecule has 1 aliphatic rings. The van der Waals surface area contributed by atoms with E-state index in [0.29, 0.717) is 37.1 Å². The number of halogens is 4. The molecule has 4 rings (SSSR count). The molecule has 0 aromatic heterocycles. The third kappa shape index (κ3) is 5.39. The molecule has 1 heterocycles. The van der Waals surface area contributed by atoms with Crippen molar-refractivity contribution in [1.29, 1.82) is 0 Å². The molecule has 1 saturated heterocycles. The maximum atomic E-state index is 12.9. The highest BCUT2D eigenvalue weighted by Gasteiger charge is 2.34. The Hall–Kier alpha value is -3.22. The number of hydrogen-bond acceptors (Lipinski definition) is 6. The highest BCUT2D eigenvalue weighted by molar-refractivity contribution is 9.10. The van der Waals surface area contributed by atoms with Crippen molar-refractivity contribution in [3.05, 3.63) is 97.3 Å². The van der Waals surface area contributed by atoms with Crippen molar-refractivity contribution in [3.63, 3.8) is 0 Å². The molecular formula is C23H12BrF3N2O4S2. The van der Waals surface area contributed by atoms with E-state index in [4.69, 9.17) is 17.0 Å². The molecule has 0 N–H and O–H groups in total. The van der Waals surface area contributed by atoms with Crippen LogP contribution in [0.3, 0.4) is 0 Å². The molecule has 0 unspecified atom stereocenters. The molecule has 0 aliphatic carbocycles.